The number of nitrogens with one attached hydrogen (secondary N) is 1. The molecule has 24 heavy (non-hydrogen) atoms. The lowest BCUT2D eigenvalue weighted by Gasteiger charge is -2.33. The molecule has 2 N–H and O–H groups in total. The van der Waals surface area contributed by atoms with Crippen LogP contribution in [0.2, 0.25) is 0 Å². The highest BCUT2D eigenvalue weighted by Gasteiger charge is 2.33. The Bertz CT molecular complexity index is 838. The fourth-order valence-corrected chi connectivity index (χ4v) is 4.29. The molecule has 1 aliphatic rings. The van der Waals surface area contributed by atoms with Gasteiger partial charge in [-0.1, -0.05) is 36.4 Å². The van der Waals surface area contributed by atoms with Gasteiger partial charge < -0.3 is 5.11 Å². The number of sulfonamides is 1. The third-order valence-electron chi connectivity index (χ3n) is 4.36. The van der Waals surface area contributed by atoms with Gasteiger partial charge in [0.25, 0.3) is 0 Å². The summed E-state index contributed by atoms with van der Waals surface area (Å²) in [7, 11) is -3.64. The van der Waals surface area contributed by atoms with Gasteiger partial charge in [-0.25, -0.2) is 17.5 Å². The van der Waals surface area contributed by atoms with Crippen LogP contribution in [0.15, 0.2) is 48.5 Å². The van der Waals surface area contributed by atoms with E-state index in [1.807, 2.05) is 24.3 Å². The molecule has 0 spiro atoms. The Morgan fingerprint density at radius 3 is 2.62 bits per heavy atom. The molecule has 0 amide bonds. The normalized spacial score (nSPS) is 20.6. The molecule has 0 saturated heterocycles. The van der Waals surface area contributed by atoms with Crippen molar-refractivity contribution >= 4 is 10.0 Å². The van der Waals surface area contributed by atoms with Crippen LogP contribution in [-0.2, 0) is 28.6 Å². The third-order valence-corrected chi connectivity index (χ3v) is 5.66. The number of fused-ring (bicyclic) bond motifs is 1. The van der Waals surface area contributed by atoms with Crippen molar-refractivity contribution in [3.8, 4) is 0 Å². The van der Waals surface area contributed by atoms with Gasteiger partial charge in [-0.15, -0.1) is 0 Å². The van der Waals surface area contributed by atoms with Crippen LogP contribution >= 0.6 is 0 Å². The highest BCUT2D eigenvalue weighted by Crippen LogP contribution is 2.28. The molecule has 2 aromatic carbocycles. The lowest BCUT2D eigenvalue weighted by atomic mass is 9.80. The maximum absolute atomic E-state index is 13.2. The van der Waals surface area contributed by atoms with Crippen LogP contribution in [0.1, 0.15) is 23.1 Å². The van der Waals surface area contributed by atoms with E-state index in [1.165, 1.54) is 23.8 Å². The van der Waals surface area contributed by atoms with Crippen LogP contribution in [-0.4, -0.2) is 25.7 Å². The maximum Gasteiger partial charge on any atom is 0.215 e. The van der Waals surface area contributed by atoms with Gasteiger partial charge in [0.05, 0.1) is 11.4 Å². The third kappa shape index (κ3) is 4.20. The SMILES string of the molecule is O=S(=O)(Cc1cccc(F)c1)NC[C@@]1(O)CCc2ccccc2C1. The van der Waals surface area contributed by atoms with Gasteiger partial charge in [-0.3, -0.25) is 0 Å². The highest BCUT2D eigenvalue weighted by molar-refractivity contribution is 7.88. The highest BCUT2D eigenvalue weighted by atomic mass is 32.2. The second kappa shape index (κ2) is 6.63. The van der Waals surface area contributed by atoms with Crippen molar-refractivity contribution in [3.05, 3.63) is 71.0 Å². The Balaban J connectivity index is 1.64. The van der Waals surface area contributed by atoms with Crippen LogP contribution in [0.25, 0.3) is 0 Å². The van der Waals surface area contributed by atoms with Crippen LogP contribution in [0.3, 0.4) is 0 Å². The Labute approximate surface area is 141 Å². The molecule has 0 radical (unpaired) electrons. The summed E-state index contributed by atoms with van der Waals surface area (Å²) in [5.74, 6) is -0.776. The van der Waals surface area contributed by atoms with Gasteiger partial charge in [0.15, 0.2) is 0 Å². The summed E-state index contributed by atoms with van der Waals surface area (Å²) in [6.45, 7) is -0.0427. The predicted molar refractivity (Wildman–Crippen MR) is 90.4 cm³/mol. The second-order valence-corrected chi connectivity index (χ2v) is 8.19. The van der Waals surface area contributed by atoms with Crippen molar-refractivity contribution in [1.82, 2.24) is 4.72 Å². The van der Waals surface area contributed by atoms with E-state index in [0.29, 0.717) is 18.4 Å². The van der Waals surface area contributed by atoms with Crippen molar-refractivity contribution < 1.29 is 17.9 Å². The zero-order valence-corrected chi connectivity index (χ0v) is 14.0. The molecule has 1 atom stereocenters. The first-order valence-electron chi connectivity index (χ1n) is 7.86. The van der Waals surface area contributed by atoms with E-state index in [-0.39, 0.29) is 12.3 Å². The first-order valence-corrected chi connectivity index (χ1v) is 9.51. The fraction of sp³-hybridized carbons (Fsp3) is 0.333. The van der Waals surface area contributed by atoms with Gasteiger partial charge in [0.2, 0.25) is 10.0 Å². The topological polar surface area (TPSA) is 66.4 Å². The lowest BCUT2D eigenvalue weighted by molar-refractivity contribution is 0.0317. The number of aryl methyl sites for hydroxylation is 1. The summed E-state index contributed by atoms with van der Waals surface area (Å²) in [4.78, 5) is 0. The minimum atomic E-state index is -3.64. The number of halogens is 1. The molecule has 3 rings (SSSR count). The van der Waals surface area contributed by atoms with Crippen molar-refractivity contribution in [1.29, 1.82) is 0 Å². The minimum absolute atomic E-state index is 0.0427. The minimum Gasteiger partial charge on any atom is -0.388 e. The fourth-order valence-electron chi connectivity index (χ4n) is 3.08. The molecule has 0 fully saturated rings. The van der Waals surface area contributed by atoms with Crippen LogP contribution < -0.4 is 4.72 Å². The smallest absolute Gasteiger partial charge is 0.215 e. The summed E-state index contributed by atoms with van der Waals surface area (Å²) >= 11 is 0. The van der Waals surface area contributed by atoms with E-state index in [1.54, 1.807) is 6.07 Å². The lowest BCUT2D eigenvalue weighted by Crippen LogP contribution is -2.46. The van der Waals surface area contributed by atoms with Crippen molar-refractivity contribution in [2.24, 2.45) is 0 Å². The molecule has 0 unspecified atom stereocenters. The molecule has 0 aromatic heterocycles. The largest absolute Gasteiger partial charge is 0.388 e. The van der Waals surface area contributed by atoms with Gasteiger partial charge in [-0.05, 0) is 41.7 Å². The number of hydrogen-bond acceptors (Lipinski definition) is 3. The molecule has 4 nitrogen and oxygen atoms in total. The summed E-state index contributed by atoms with van der Waals surface area (Å²) in [5.41, 5.74) is 1.53. The second-order valence-electron chi connectivity index (χ2n) is 6.38. The standard InChI is InChI=1S/C18H20FNO3S/c19-17-7-3-4-14(10-17)12-24(22,23)20-13-18(21)9-8-15-5-1-2-6-16(15)11-18/h1-7,10,20-21H,8-9,11-13H2/t18-/m1/s1. The zero-order valence-electron chi connectivity index (χ0n) is 13.2. The number of aliphatic hydroxyl groups is 1. The molecule has 1 aliphatic carbocycles. The zero-order chi connectivity index (χ0) is 17.2. The van der Waals surface area contributed by atoms with E-state index in [2.05, 4.69) is 4.72 Å². The summed E-state index contributed by atoms with van der Waals surface area (Å²) < 4.78 is 40.0. The molecule has 128 valence electrons. The van der Waals surface area contributed by atoms with E-state index in [9.17, 15) is 17.9 Å². The summed E-state index contributed by atoms with van der Waals surface area (Å²) in [6, 6.07) is 13.4. The Hall–Kier alpha value is -1.76. The molecule has 0 saturated carbocycles. The van der Waals surface area contributed by atoms with E-state index in [0.717, 1.165) is 12.0 Å². The molecule has 0 aliphatic heterocycles. The molecular weight excluding hydrogens is 329 g/mol. The van der Waals surface area contributed by atoms with E-state index >= 15 is 0 Å². The number of rotatable bonds is 5. The van der Waals surface area contributed by atoms with Gasteiger partial charge >= 0.3 is 0 Å². The Morgan fingerprint density at radius 1 is 1.12 bits per heavy atom. The first-order chi connectivity index (χ1) is 11.4. The van der Waals surface area contributed by atoms with Gasteiger partial charge in [-0.2, -0.15) is 0 Å². The average Bonchev–Trinajstić information content (AvgIpc) is 2.53. The molecule has 0 heterocycles. The maximum atomic E-state index is 13.2. The van der Waals surface area contributed by atoms with E-state index in [4.69, 9.17) is 0 Å². The van der Waals surface area contributed by atoms with Crippen molar-refractivity contribution in [3.63, 3.8) is 0 Å². The van der Waals surface area contributed by atoms with Crippen molar-refractivity contribution in [2.75, 3.05) is 6.54 Å². The average molecular weight is 349 g/mol. The Morgan fingerprint density at radius 2 is 1.88 bits per heavy atom. The quantitative estimate of drug-likeness (QED) is 0.869. The van der Waals surface area contributed by atoms with Crippen molar-refractivity contribution in [2.45, 2.75) is 30.6 Å². The van der Waals surface area contributed by atoms with Gasteiger partial charge in [0.1, 0.15) is 5.82 Å². The van der Waals surface area contributed by atoms with E-state index < -0.39 is 21.4 Å². The van der Waals surface area contributed by atoms with Crippen LogP contribution in [0.4, 0.5) is 4.39 Å². The summed E-state index contributed by atoms with van der Waals surface area (Å²) in [5, 5.41) is 10.7. The first kappa shape index (κ1) is 17.1. The predicted octanol–water partition coefficient (Wildman–Crippen LogP) is 2.17. The number of hydrogen-bond donors (Lipinski definition) is 2. The van der Waals surface area contributed by atoms with Crippen LogP contribution in [0, 0.1) is 5.82 Å². The summed E-state index contributed by atoms with van der Waals surface area (Å²) in [6.07, 6.45) is 1.65. The monoisotopic (exact) mass is 349 g/mol. The molecule has 6 heteroatoms. The molecular formula is C18H20FNO3S. The number of benzene rings is 2. The molecule has 0 bridgehead atoms. The van der Waals surface area contributed by atoms with Crippen LogP contribution in [0.5, 0.6) is 0 Å². The Kier molecular flexibility index (Phi) is 4.71. The molecule has 2 aromatic rings. The van der Waals surface area contributed by atoms with Gasteiger partial charge in [0, 0.05) is 13.0 Å².